The number of methoxy groups -OCH3 is 1. The molecule has 3 aliphatic rings. The van der Waals surface area contributed by atoms with E-state index in [0.717, 1.165) is 12.8 Å². The molecule has 0 aliphatic carbocycles. The number of nitrogens with zero attached hydrogens (tertiary/aromatic N) is 2. The van der Waals surface area contributed by atoms with Crippen LogP contribution in [0.1, 0.15) is 46.4 Å². The van der Waals surface area contributed by atoms with E-state index < -0.39 is 11.8 Å². The zero-order chi connectivity index (χ0) is 26.7. The van der Waals surface area contributed by atoms with Crippen LogP contribution in [0.15, 0.2) is 48.5 Å². The van der Waals surface area contributed by atoms with Crippen LogP contribution in [-0.4, -0.2) is 85.3 Å². The van der Waals surface area contributed by atoms with Crippen molar-refractivity contribution >= 4 is 29.3 Å². The normalized spacial score (nSPS) is 22.5. The second kappa shape index (κ2) is 11.3. The summed E-state index contributed by atoms with van der Waals surface area (Å²) >= 11 is 5.97. The lowest BCUT2D eigenvalue weighted by Crippen LogP contribution is -2.60. The molecular weight excluding hydrogens is 510 g/mol. The number of hydrogen-bond acceptors (Lipinski definition) is 6. The molecule has 202 valence electrons. The zero-order valence-electron chi connectivity index (χ0n) is 21.4. The Bertz CT molecular complexity index is 1180. The minimum atomic E-state index is -0.997. The number of rotatable bonds is 6. The Hall–Kier alpha value is -3.14. The predicted octanol–water partition coefficient (Wildman–Crippen LogP) is 3.12. The first-order valence-corrected chi connectivity index (χ1v) is 13.3. The number of benzene rings is 2. The summed E-state index contributed by atoms with van der Waals surface area (Å²) in [5.74, 6) is -0.136. The molecule has 1 N–H and O–H groups in total. The van der Waals surface area contributed by atoms with Gasteiger partial charge in [-0.1, -0.05) is 17.7 Å². The Morgan fingerprint density at radius 2 is 1.84 bits per heavy atom. The Balaban J connectivity index is 1.35. The molecule has 3 saturated heterocycles. The number of piperidine rings is 1. The molecule has 0 saturated carbocycles. The number of carbonyl (C=O) groups excluding carboxylic acids is 3. The standard InChI is InChI=1S/C28H32ClN3O6/c1-36-22-5-2-4-20(16-22)27(35)32-24(25(33)30-17-23-6-3-15-37-23)18-38-28(32)11-13-31(14-12-28)26(34)19-7-9-21(29)10-8-19/h2,4-5,7-10,16,23-24H,3,6,11-15,17-18H2,1H3,(H,30,33)/t23-,24+/m1/s1. The quantitative estimate of drug-likeness (QED) is 0.603. The summed E-state index contributed by atoms with van der Waals surface area (Å²) in [5.41, 5.74) is -0.0396. The smallest absolute Gasteiger partial charge is 0.257 e. The van der Waals surface area contributed by atoms with Gasteiger partial charge in [0.05, 0.1) is 19.8 Å². The van der Waals surface area contributed by atoms with Crippen LogP contribution in [0.4, 0.5) is 0 Å². The van der Waals surface area contributed by atoms with Crippen molar-refractivity contribution in [1.82, 2.24) is 15.1 Å². The summed E-state index contributed by atoms with van der Waals surface area (Å²) in [6.45, 7) is 1.94. The van der Waals surface area contributed by atoms with Crippen molar-refractivity contribution in [2.24, 2.45) is 0 Å². The molecule has 0 aromatic heterocycles. The minimum Gasteiger partial charge on any atom is -0.497 e. The molecule has 3 fully saturated rings. The average molecular weight is 542 g/mol. The summed E-state index contributed by atoms with van der Waals surface area (Å²) in [5, 5.41) is 3.53. The topological polar surface area (TPSA) is 97.4 Å². The van der Waals surface area contributed by atoms with Crippen LogP contribution in [0.25, 0.3) is 0 Å². The van der Waals surface area contributed by atoms with E-state index in [1.165, 1.54) is 0 Å². The van der Waals surface area contributed by atoms with E-state index in [9.17, 15) is 14.4 Å². The van der Waals surface area contributed by atoms with E-state index in [4.69, 9.17) is 25.8 Å². The largest absolute Gasteiger partial charge is 0.497 e. The number of ether oxygens (including phenoxy) is 3. The molecule has 3 amide bonds. The van der Waals surface area contributed by atoms with E-state index >= 15 is 0 Å². The van der Waals surface area contributed by atoms with E-state index in [1.807, 2.05) is 0 Å². The van der Waals surface area contributed by atoms with Crippen LogP contribution >= 0.6 is 11.6 Å². The number of nitrogens with one attached hydrogen (secondary N) is 1. The van der Waals surface area contributed by atoms with Gasteiger partial charge in [-0.25, -0.2) is 0 Å². The first-order valence-electron chi connectivity index (χ1n) is 13.0. The van der Waals surface area contributed by atoms with Crippen LogP contribution in [0.3, 0.4) is 0 Å². The fourth-order valence-corrected chi connectivity index (χ4v) is 5.56. The maximum absolute atomic E-state index is 13.9. The van der Waals surface area contributed by atoms with E-state index in [-0.39, 0.29) is 30.4 Å². The number of amides is 3. The summed E-state index contributed by atoms with van der Waals surface area (Å²) in [6.07, 6.45) is 2.63. The van der Waals surface area contributed by atoms with Crippen LogP contribution in [0, 0.1) is 0 Å². The SMILES string of the molecule is COc1cccc(C(=O)N2[C@H](C(=O)NC[C@H]3CCCO3)COC23CCN(C(=O)c2ccc(Cl)cc2)CC3)c1. The highest BCUT2D eigenvalue weighted by atomic mass is 35.5. The van der Waals surface area contributed by atoms with Crippen molar-refractivity contribution < 1.29 is 28.6 Å². The van der Waals surface area contributed by atoms with Crippen LogP contribution in [0.2, 0.25) is 5.02 Å². The van der Waals surface area contributed by atoms with Crippen molar-refractivity contribution in [3.63, 3.8) is 0 Å². The number of likely N-dealkylation sites (tertiary alicyclic amines) is 1. The molecular formula is C28H32ClN3O6. The number of hydrogen-bond donors (Lipinski definition) is 1. The maximum atomic E-state index is 13.9. The molecule has 0 bridgehead atoms. The number of halogens is 1. The summed E-state index contributed by atoms with van der Waals surface area (Å²) < 4.78 is 17.2. The van der Waals surface area contributed by atoms with Crippen molar-refractivity contribution in [3.05, 3.63) is 64.7 Å². The molecule has 0 radical (unpaired) electrons. The molecule has 3 heterocycles. The average Bonchev–Trinajstić information content (AvgIpc) is 3.60. The molecule has 1 spiro atoms. The molecule has 2 aromatic rings. The summed E-state index contributed by atoms with van der Waals surface area (Å²) in [7, 11) is 1.54. The summed E-state index contributed by atoms with van der Waals surface area (Å²) in [6, 6.07) is 12.9. The van der Waals surface area contributed by atoms with Crippen molar-refractivity contribution in [1.29, 1.82) is 0 Å². The Morgan fingerprint density at radius 1 is 1.08 bits per heavy atom. The van der Waals surface area contributed by atoms with Gasteiger partial charge in [0, 0.05) is 55.2 Å². The lowest BCUT2D eigenvalue weighted by atomic mass is 9.96. The fraction of sp³-hybridized carbons (Fsp3) is 0.464. The highest BCUT2D eigenvalue weighted by molar-refractivity contribution is 6.30. The van der Waals surface area contributed by atoms with Crippen LogP contribution < -0.4 is 10.1 Å². The lowest BCUT2D eigenvalue weighted by molar-refractivity contribution is -0.128. The lowest BCUT2D eigenvalue weighted by Gasteiger charge is -2.44. The molecule has 38 heavy (non-hydrogen) atoms. The van der Waals surface area contributed by atoms with Crippen molar-refractivity contribution in [2.75, 3.05) is 40.0 Å². The van der Waals surface area contributed by atoms with Crippen LogP contribution in [0.5, 0.6) is 5.75 Å². The van der Waals surface area contributed by atoms with Gasteiger partial charge in [-0.3, -0.25) is 19.3 Å². The van der Waals surface area contributed by atoms with Gasteiger partial charge in [-0.2, -0.15) is 0 Å². The van der Waals surface area contributed by atoms with Gasteiger partial charge in [0.2, 0.25) is 5.91 Å². The van der Waals surface area contributed by atoms with Gasteiger partial charge >= 0.3 is 0 Å². The molecule has 0 unspecified atom stereocenters. The fourth-order valence-electron chi connectivity index (χ4n) is 5.43. The van der Waals surface area contributed by atoms with Gasteiger partial charge in [0.1, 0.15) is 17.5 Å². The van der Waals surface area contributed by atoms with Gasteiger partial charge < -0.3 is 24.4 Å². The van der Waals surface area contributed by atoms with Gasteiger partial charge in [0.15, 0.2) is 0 Å². The third-order valence-electron chi connectivity index (χ3n) is 7.55. The van der Waals surface area contributed by atoms with Gasteiger partial charge in [-0.05, 0) is 55.3 Å². The number of carbonyl (C=O) groups is 3. The molecule has 10 heteroatoms. The maximum Gasteiger partial charge on any atom is 0.257 e. The third-order valence-corrected chi connectivity index (χ3v) is 7.80. The van der Waals surface area contributed by atoms with Gasteiger partial charge in [0.25, 0.3) is 11.8 Å². The van der Waals surface area contributed by atoms with Crippen molar-refractivity contribution in [2.45, 2.75) is 43.6 Å². The van der Waals surface area contributed by atoms with Crippen molar-refractivity contribution in [3.8, 4) is 5.75 Å². The zero-order valence-corrected chi connectivity index (χ0v) is 22.1. The molecule has 5 rings (SSSR count). The Kier molecular flexibility index (Phi) is 7.88. The Morgan fingerprint density at radius 3 is 2.53 bits per heavy atom. The third kappa shape index (κ3) is 5.36. The predicted molar refractivity (Wildman–Crippen MR) is 140 cm³/mol. The highest BCUT2D eigenvalue weighted by Gasteiger charge is 2.54. The Labute approximate surface area is 227 Å². The summed E-state index contributed by atoms with van der Waals surface area (Å²) in [4.78, 5) is 43.7. The first-order chi connectivity index (χ1) is 18.4. The second-order valence-corrected chi connectivity index (χ2v) is 10.3. The molecule has 3 aliphatic heterocycles. The molecule has 2 aromatic carbocycles. The minimum absolute atomic E-state index is 0.0140. The van der Waals surface area contributed by atoms with E-state index in [0.29, 0.717) is 61.0 Å². The van der Waals surface area contributed by atoms with Gasteiger partial charge in [-0.15, -0.1) is 0 Å². The molecule has 2 atom stereocenters. The van der Waals surface area contributed by atoms with Crippen LogP contribution in [-0.2, 0) is 14.3 Å². The highest BCUT2D eigenvalue weighted by Crippen LogP contribution is 2.39. The second-order valence-electron chi connectivity index (χ2n) is 9.86. The first kappa shape index (κ1) is 26.5. The van der Waals surface area contributed by atoms with E-state index in [2.05, 4.69) is 5.32 Å². The monoisotopic (exact) mass is 541 g/mol. The molecule has 9 nitrogen and oxygen atoms in total. The van der Waals surface area contributed by atoms with E-state index in [1.54, 1.807) is 65.4 Å².